The third-order valence-corrected chi connectivity index (χ3v) is 5.24. The number of benzene rings is 2. The number of carbonyl (C=O) groups is 1. The molecule has 138 valence electrons. The summed E-state index contributed by atoms with van der Waals surface area (Å²) in [7, 11) is 0. The van der Waals surface area contributed by atoms with Crippen LogP contribution in [0.15, 0.2) is 41.3 Å². The molecule has 0 saturated carbocycles. The average molecular weight is 375 g/mol. The first-order chi connectivity index (χ1) is 12.6. The molecular weight excluding hydrogens is 353 g/mol. The Morgan fingerprint density at radius 1 is 1.15 bits per heavy atom. The number of hydrogen-bond acceptors (Lipinski definition) is 4. The summed E-state index contributed by atoms with van der Waals surface area (Å²) < 4.78 is 24.7. The summed E-state index contributed by atoms with van der Waals surface area (Å²) in [5.74, 6) is 1.56. The van der Waals surface area contributed by atoms with Crippen molar-refractivity contribution in [2.75, 3.05) is 19.0 Å². The van der Waals surface area contributed by atoms with E-state index >= 15 is 0 Å². The van der Waals surface area contributed by atoms with E-state index in [-0.39, 0.29) is 17.8 Å². The largest absolute Gasteiger partial charge is 0.490 e. The average Bonchev–Trinajstić information content (AvgIpc) is 2.64. The lowest BCUT2D eigenvalue weighted by atomic mass is 10.0. The first kappa shape index (κ1) is 18.6. The highest BCUT2D eigenvalue weighted by molar-refractivity contribution is 7.99. The van der Waals surface area contributed by atoms with Crippen molar-refractivity contribution in [3.05, 3.63) is 53.3 Å². The number of nitrogens with one attached hydrogen (secondary N) is 1. The normalized spacial score (nSPS) is 15.9. The van der Waals surface area contributed by atoms with Crippen molar-refractivity contribution in [2.45, 2.75) is 31.2 Å². The Kier molecular flexibility index (Phi) is 6.04. The van der Waals surface area contributed by atoms with Gasteiger partial charge in [0.1, 0.15) is 5.82 Å². The minimum atomic E-state index is -0.287. The highest BCUT2D eigenvalue weighted by Gasteiger charge is 2.24. The van der Waals surface area contributed by atoms with Crippen molar-refractivity contribution in [1.29, 1.82) is 0 Å². The third kappa shape index (κ3) is 4.12. The minimum absolute atomic E-state index is 0.198. The van der Waals surface area contributed by atoms with Crippen LogP contribution >= 0.6 is 11.8 Å². The Hall–Kier alpha value is -2.21. The molecule has 6 heteroatoms. The monoisotopic (exact) mass is 375 g/mol. The Morgan fingerprint density at radius 3 is 2.69 bits per heavy atom. The first-order valence-corrected chi connectivity index (χ1v) is 9.73. The van der Waals surface area contributed by atoms with E-state index in [0.717, 1.165) is 22.6 Å². The van der Waals surface area contributed by atoms with Gasteiger partial charge in [-0.05, 0) is 62.2 Å². The van der Waals surface area contributed by atoms with Crippen molar-refractivity contribution in [1.82, 2.24) is 5.32 Å². The highest BCUT2D eigenvalue weighted by Crippen LogP contribution is 2.37. The summed E-state index contributed by atoms with van der Waals surface area (Å²) in [6.45, 7) is 4.78. The second-order valence-electron chi connectivity index (χ2n) is 5.87. The Labute approximate surface area is 157 Å². The van der Waals surface area contributed by atoms with Crippen LogP contribution < -0.4 is 14.8 Å². The van der Waals surface area contributed by atoms with Crippen LogP contribution in [0.3, 0.4) is 0 Å². The van der Waals surface area contributed by atoms with Crippen LogP contribution in [0, 0.1) is 5.82 Å². The number of ether oxygens (including phenoxy) is 2. The molecule has 26 heavy (non-hydrogen) atoms. The van der Waals surface area contributed by atoms with Crippen molar-refractivity contribution in [3.63, 3.8) is 0 Å². The Bertz CT molecular complexity index is 797. The molecule has 1 unspecified atom stereocenters. The number of hydrogen-bond donors (Lipinski definition) is 1. The maximum Gasteiger partial charge on any atom is 0.251 e. The zero-order valence-electron chi connectivity index (χ0n) is 14.9. The van der Waals surface area contributed by atoms with Crippen LogP contribution in [0.2, 0.25) is 0 Å². The standard InChI is InChI=1S/C20H22FNO3S/c1-3-24-17-7-5-13(11-18(17)25-4-2)20(23)22-16-9-10-26-19-8-6-14(21)12-15(16)19/h5-8,11-12,16H,3-4,9-10H2,1-2H3,(H,22,23). The van der Waals surface area contributed by atoms with E-state index in [2.05, 4.69) is 5.32 Å². The molecule has 0 saturated heterocycles. The fraction of sp³-hybridized carbons (Fsp3) is 0.350. The van der Waals surface area contributed by atoms with Crippen LogP contribution in [0.25, 0.3) is 0 Å². The van der Waals surface area contributed by atoms with Crippen LogP contribution in [-0.2, 0) is 0 Å². The van der Waals surface area contributed by atoms with E-state index in [1.807, 2.05) is 13.8 Å². The summed E-state index contributed by atoms with van der Waals surface area (Å²) in [5.41, 5.74) is 1.33. The summed E-state index contributed by atoms with van der Waals surface area (Å²) in [5, 5.41) is 3.02. The lowest BCUT2D eigenvalue weighted by Gasteiger charge is -2.26. The van der Waals surface area contributed by atoms with Crippen LogP contribution in [0.4, 0.5) is 4.39 Å². The molecule has 1 amide bonds. The number of halogens is 1. The lowest BCUT2D eigenvalue weighted by Crippen LogP contribution is -2.30. The Morgan fingerprint density at radius 2 is 1.92 bits per heavy atom. The van der Waals surface area contributed by atoms with Crippen molar-refractivity contribution in [3.8, 4) is 11.5 Å². The van der Waals surface area contributed by atoms with Gasteiger partial charge < -0.3 is 14.8 Å². The predicted octanol–water partition coefficient (Wildman–Crippen LogP) is 4.59. The molecular formula is C20H22FNO3S. The van der Waals surface area contributed by atoms with Crippen molar-refractivity contribution < 1.29 is 18.7 Å². The zero-order valence-corrected chi connectivity index (χ0v) is 15.7. The summed E-state index contributed by atoms with van der Waals surface area (Å²) in [4.78, 5) is 13.7. The molecule has 0 radical (unpaired) electrons. The number of rotatable bonds is 6. The second kappa shape index (κ2) is 8.45. The smallest absolute Gasteiger partial charge is 0.251 e. The minimum Gasteiger partial charge on any atom is -0.490 e. The molecule has 1 atom stereocenters. The molecule has 0 aliphatic carbocycles. The van der Waals surface area contributed by atoms with E-state index in [0.29, 0.717) is 30.3 Å². The maximum absolute atomic E-state index is 13.6. The van der Waals surface area contributed by atoms with Gasteiger partial charge in [0.15, 0.2) is 11.5 Å². The topological polar surface area (TPSA) is 47.6 Å². The third-order valence-electron chi connectivity index (χ3n) is 4.12. The fourth-order valence-electron chi connectivity index (χ4n) is 2.95. The van der Waals surface area contributed by atoms with Gasteiger partial charge in [0.25, 0.3) is 5.91 Å². The van der Waals surface area contributed by atoms with Gasteiger partial charge in [-0.3, -0.25) is 4.79 Å². The van der Waals surface area contributed by atoms with E-state index in [1.165, 1.54) is 12.1 Å². The number of thioether (sulfide) groups is 1. The summed E-state index contributed by atoms with van der Waals surface area (Å²) >= 11 is 1.69. The molecule has 1 aliphatic rings. The molecule has 1 aliphatic heterocycles. The quantitative estimate of drug-likeness (QED) is 0.802. The molecule has 4 nitrogen and oxygen atoms in total. The van der Waals surface area contributed by atoms with E-state index in [1.54, 1.807) is 36.0 Å². The zero-order chi connectivity index (χ0) is 18.5. The van der Waals surface area contributed by atoms with Gasteiger partial charge in [-0.15, -0.1) is 11.8 Å². The second-order valence-corrected chi connectivity index (χ2v) is 7.01. The first-order valence-electron chi connectivity index (χ1n) is 8.75. The fourth-order valence-corrected chi connectivity index (χ4v) is 4.05. The lowest BCUT2D eigenvalue weighted by molar-refractivity contribution is 0.0934. The van der Waals surface area contributed by atoms with E-state index in [9.17, 15) is 9.18 Å². The summed E-state index contributed by atoms with van der Waals surface area (Å²) in [6, 6.07) is 9.69. The van der Waals surface area contributed by atoms with E-state index < -0.39 is 0 Å². The number of carbonyl (C=O) groups excluding carboxylic acids is 1. The van der Waals surface area contributed by atoms with Gasteiger partial charge in [-0.2, -0.15) is 0 Å². The Balaban J connectivity index is 1.81. The molecule has 1 N–H and O–H groups in total. The summed E-state index contributed by atoms with van der Waals surface area (Å²) in [6.07, 6.45) is 0.766. The van der Waals surface area contributed by atoms with Gasteiger partial charge in [-0.1, -0.05) is 0 Å². The van der Waals surface area contributed by atoms with Crippen molar-refractivity contribution >= 4 is 17.7 Å². The number of amides is 1. The van der Waals surface area contributed by atoms with Gasteiger partial charge in [0, 0.05) is 16.2 Å². The molecule has 0 spiro atoms. The van der Waals surface area contributed by atoms with Gasteiger partial charge in [0.05, 0.1) is 19.3 Å². The molecule has 0 fully saturated rings. The SMILES string of the molecule is CCOc1ccc(C(=O)NC2CCSc3ccc(F)cc32)cc1OCC. The van der Waals surface area contributed by atoms with Gasteiger partial charge in [0.2, 0.25) is 0 Å². The molecule has 0 aromatic heterocycles. The highest BCUT2D eigenvalue weighted by atomic mass is 32.2. The van der Waals surface area contributed by atoms with Gasteiger partial charge in [-0.25, -0.2) is 4.39 Å². The van der Waals surface area contributed by atoms with Gasteiger partial charge >= 0.3 is 0 Å². The molecule has 2 aromatic carbocycles. The van der Waals surface area contributed by atoms with Crippen LogP contribution in [-0.4, -0.2) is 24.9 Å². The van der Waals surface area contributed by atoms with Crippen LogP contribution in [0.1, 0.15) is 42.2 Å². The van der Waals surface area contributed by atoms with E-state index in [4.69, 9.17) is 9.47 Å². The van der Waals surface area contributed by atoms with Crippen LogP contribution in [0.5, 0.6) is 11.5 Å². The maximum atomic E-state index is 13.6. The number of fused-ring (bicyclic) bond motifs is 1. The molecule has 1 heterocycles. The molecule has 2 aromatic rings. The molecule has 0 bridgehead atoms. The predicted molar refractivity (Wildman–Crippen MR) is 101 cm³/mol. The molecule has 3 rings (SSSR count). The van der Waals surface area contributed by atoms with Crippen molar-refractivity contribution in [2.24, 2.45) is 0 Å².